The summed E-state index contributed by atoms with van der Waals surface area (Å²) in [6, 6.07) is 12.8. The summed E-state index contributed by atoms with van der Waals surface area (Å²) >= 11 is 12.0. The van der Waals surface area contributed by atoms with E-state index >= 15 is 0 Å². The highest BCUT2D eigenvalue weighted by atomic mass is 35.5. The van der Waals surface area contributed by atoms with Crippen LogP contribution in [0.15, 0.2) is 54.7 Å². The molecule has 0 radical (unpaired) electrons. The normalized spacial score (nSPS) is 10.5. The van der Waals surface area contributed by atoms with Gasteiger partial charge >= 0.3 is 0 Å². The summed E-state index contributed by atoms with van der Waals surface area (Å²) in [7, 11) is 0. The Labute approximate surface area is 171 Å². The Morgan fingerprint density at radius 1 is 1.00 bits per heavy atom. The first kappa shape index (κ1) is 20.0. The lowest BCUT2D eigenvalue weighted by Crippen LogP contribution is -2.26. The Morgan fingerprint density at radius 3 is 2.43 bits per heavy atom. The predicted octanol–water partition coefficient (Wildman–Crippen LogP) is 4.82. The highest BCUT2D eigenvalue weighted by molar-refractivity contribution is 6.39. The van der Waals surface area contributed by atoms with Gasteiger partial charge in [0.2, 0.25) is 5.95 Å². The van der Waals surface area contributed by atoms with Crippen molar-refractivity contribution in [3.8, 4) is 11.3 Å². The van der Waals surface area contributed by atoms with Crippen molar-refractivity contribution in [2.45, 2.75) is 6.42 Å². The third-order valence-corrected chi connectivity index (χ3v) is 4.54. The second-order valence-electron chi connectivity index (χ2n) is 5.91. The predicted molar refractivity (Wildman–Crippen MR) is 109 cm³/mol. The number of nitrogens with zero attached hydrogens (tertiary/aromatic N) is 2. The summed E-state index contributed by atoms with van der Waals surface area (Å²) in [4.78, 5) is 20.8. The molecule has 3 aromatic rings. The number of nitrogens with one attached hydrogen (secondary N) is 2. The molecule has 0 spiro atoms. The number of hydrogen-bond donors (Lipinski definition) is 2. The fraction of sp³-hybridized carbons (Fsp3) is 0.150. The van der Waals surface area contributed by atoms with Gasteiger partial charge in [0.05, 0.1) is 21.3 Å². The third-order valence-electron chi connectivity index (χ3n) is 3.91. The summed E-state index contributed by atoms with van der Waals surface area (Å²) in [5.41, 5.74) is 1.77. The summed E-state index contributed by atoms with van der Waals surface area (Å²) in [5, 5.41) is 6.52. The number of aromatic nitrogens is 2. The number of anilines is 1. The molecule has 5 nitrogen and oxygen atoms in total. The Balaban J connectivity index is 1.49. The molecule has 1 aromatic heterocycles. The van der Waals surface area contributed by atoms with E-state index in [-0.39, 0.29) is 17.3 Å². The lowest BCUT2D eigenvalue weighted by atomic mass is 10.1. The molecule has 28 heavy (non-hydrogen) atoms. The van der Waals surface area contributed by atoms with E-state index in [0.29, 0.717) is 41.2 Å². The van der Waals surface area contributed by atoms with E-state index in [1.165, 1.54) is 12.1 Å². The maximum atomic E-state index is 13.0. The molecule has 144 valence electrons. The van der Waals surface area contributed by atoms with Crippen molar-refractivity contribution in [1.29, 1.82) is 0 Å². The van der Waals surface area contributed by atoms with Crippen LogP contribution < -0.4 is 10.6 Å². The zero-order valence-corrected chi connectivity index (χ0v) is 16.3. The number of carbonyl (C=O) groups is 1. The van der Waals surface area contributed by atoms with Gasteiger partial charge in [-0.3, -0.25) is 4.79 Å². The van der Waals surface area contributed by atoms with E-state index in [4.69, 9.17) is 23.2 Å². The summed E-state index contributed by atoms with van der Waals surface area (Å²) in [5.74, 6) is -0.149. The molecule has 8 heteroatoms. The molecule has 0 aliphatic heterocycles. The van der Waals surface area contributed by atoms with E-state index in [0.717, 1.165) is 5.56 Å². The van der Waals surface area contributed by atoms with Gasteiger partial charge < -0.3 is 10.6 Å². The molecule has 0 aliphatic carbocycles. The van der Waals surface area contributed by atoms with Crippen LogP contribution in [-0.4, -0.2) is 29.0 Å². The van der Waals surface area contributed by atoms with Crippen LogP contribution in [0.4, 0.5) is 10.3 Å². The van der Waals surface area contributed by atoms with Gasteiger partial charge in [-0.05, 0) is 48.9 Å². The van der Waals surface area contributed by atoms with E-state index < -0.39 is 0 Å². The van der Waals surface area contributed by atoms with Gasteiger partial charge in [-0.2, -0.15) is 0 Å². The molecule has 0 saturated heterocycles. The molecule has 1 amide bonds. The Kier molecular flexibility index (Phi) is 6.79. The fourth-order valence-electron chi connectivity index (χ4n) is 2.52. The fourth-order valence-corrected chi connectivity index (χ4v) is 3.09. The van der Waals surface area contributed by atoms with Crippen LogP contribution >= 0.6 is 23.2 Å². The van der Waals surface area contributed by atoms with Gasteiger partial charge in [0.1, 0.15) is 5.82 Å². The summed E-state index contributed by atoms with van der Waals surface area (Å²) in [6.07, 6.45) is 2.28. The molecule has 0 bridgehead atoms. The van der Waals surface area contributed by atoms with Crippen molar-refractivity contribution in [3.63, 3.8) is 0 Å². The van der Waals surface area contributed by atoms with Gasteiger partial charge in [0.25, 0.3) is 5.91 Å². The van der Waals surface area contributed by atoms with Crippen LogP contribution in [0, 0.1) is 5.82 Å². The first-order valence-corrected chi connectivity index (χ1v) is 9.35. The molecule has 0 unspecified atom stereocenters. The quantitative estimate of drug-likeness (QED) is 0.539. The highest BCUT2D eigenvalue weighted by Crippen LogP contribution is 2.24. The number of amides is 1. The minimum absolute atomic E-state index is 0.272. The number of carbonyl (C=O) groups excluding carboxylic acids is 1. The minimum Gasteiger partial charge on any atom is -0.354 e. The smallest absolute Gasteiger partial charge is 0.254 e. The van der Waals surface area contributed by atoms with Crippen molar-refractivity contribution < 1.29 is 9.18 Å². The van der Waals surface area contributed by atoms with Crippen molar-refractivity contribution >= 4 is 35.1 Å². The van der Waals surface area contributed by atoms with Crippen LogP contribution in [0.2, 0.25) is 10.0 Å². The average Bonchev–Trinajstić information content (AvgIpc) is 2.68. The van der Waals surface area contributed by atoms with E-state index in [9.17, 15) is 9.18 Å². The average molecular weight is 419 g/mol. The lowest BCUT2D eigenvalue weighted by molar-refractivity contribution is 0.0954. The zero-order chi connectivity index (χ0) is 19.9. The van der Waals surface area contributed by atoms with E-state index in [1.807, 2.05) is 0 Å². The Hall–Kier alpha value is -2.70. The van der Waals surface area contributed by atoms with E-state index in [1.54, 1.807) is 42.6 Å². The molecule has 0 aliphatic rings. The van der Waals surface area contributed by atoms with Crippen molar-refractivity contribution in [2.75, 3.05) is 18.4 Å². The van der Waals surface area contributed by atoms with Crippen molar-refractivity contribution in [1.82, 2.24) is 15.3 Å². The highest BCUT2D eigenvalue weighted by Gasteiger charge is 2.13. The number of benzene rings is 2. The van der Waals surface area contributed by atoms with Crippen molar-refractivity contribution in [3.05, 3.63) is 76.2 Å². The maximum absolute atomic E-state index is 13.0. The monoisotopic (exact) mass is 418 g/mol. The standard InChI is InChI=1S/C20H17Cl2FN4O/c21-15-3-1-4-16(22)18(15)19(28)24-10-2-11-25-20-26-12-9-17(27-20)13-5-7-14(23)8-6-13/h1,3-9,12H,2,10-11H2,(H,24,28)(H,25,26,27). The maximum Gasteiger partial charge on any atom is 0.254 e. The van der Waals surface area contributed by atoms with E-state index in [2.05, 4.69) is 20.6 Å². The summed E-state index contributed by atoms with van der Waals surface area (Å²) < 4.78 is 13.0. The number of rotatable bonds is 7. The first-order valence-electron chi connectivity index (χ1n) is 8.59. The van der Waals surface area contributed by atoms with Crippen LogP contribution in [0.3, 0.4) is 0 Å². The molecular formula is C20H17Cl2FN4O. The topological polar surface area (TPSA) is 66.9 Å². The van der Waals surface area contributed by atoms with Crippen molar-refractivity contribution in [2.24, 2.45) is 0 Å². The first-order chi connectivity index (χ1) is 13.5. The zero-order valence-electron chi connectivity index (χ0n) is 14.8. The van der Waals surface area contributed by atoms with Crippen LogP contribution in [0.5, 0.6) is 0 Å². The Morgan fingerprint density at radius 2 is 1.71 bits per heavy atom. The second-order valence-corrected chi connectivity index (χ2v) is 6.72. The molecule has 0 saturated carbocycles. The van der Waals surface area contributed by atoms with Gasteiger partial charge in [-0.25, -0.2) is 14.4 Å². The SMILES string of the molecule is O=C(NCCCNc1nccc(-c2ccc(F)cc2)n1)c1c(Cl)cccc1Cl. The molecule has 2 N–H and O–H groups in total. The van der Waals surface area contributed by atoms with Gasteiger partial charge in [-0.1, -0.05) is 29.3 Å². The summed E-state index contributed by atoms with van der Waals surface area (Å²) in [6.45, 7) is 0.994. The molecule has 0 fully saturated rings. The Bertz CT molecular complexity index is 946. The minimum atomic E-state index is -0.315. The van der Waals surface area contributed by atoms with Crippen LogP contribution in [-0.2, 0) is 0 Å². The third kappa shape index (κ3) is 5.18. The van der Waals surface area contributed by atoms with Gasteiger partial charge in [0, 0.05) is 24.8 Å². The van der Waals surface area contributed by atoms with Crippen LogP contribution in [0.25, 0.3) is 11.3 Å². The molecular weight excluding hydrogens is 402 g/mol. The number of halogens is 3. The molecule has 1 heterocycles. The lowest BCUT2D eigenvalue weighted by Gasteiger charge is -2.09. The largest absolute Gasteiger partial charge is 0.354 e. The number of hydrogen-bond acceptors (Lipinski definition) is 4. The van der Waals surface area contributed by atoms with Gasteiger partial charge in [0.15, 0.2) is 0 Å². The molecule has 3 rings (SSSR count). The van der Waals surface area contributed by atoms with Gasteiger partial charge in [-0.15, -0.1) is 0 Å². The molecule has 2 aromatic carbocycles. The van der Waals surface area contributed by atoms with Crippen LogP contribution in [0.1, 0.15) is 16.8 Å². The molecule has 0 atom stereocenters. The second kappa shape index (κ2) is 9.48.